The van der Waals surface area contributed by atoms with Crippen molar-refractivity contribution in [1.82, 2.24) is 9.47 Å². The molecule has 0 spiro atoms. The molecule has 0 bridgehead atoms. The zero-order valence-corrected chi connectivity index (χ0v) is 15.3. The quantitative estimate of drug-likeness (QED) is 0.813. The van der Waals surface area contributed by atoms with E-state index in [1.807, 2.05) is 19.0 Å². The van der Waals surface area contributed by atoms with Crippen LogP contribution in [0.3, 0.4) is 0 Å². The van der Waals surface area contributed by atoms with E-state index in [0.717, 1.165) is 0 Å². The van der Waals surface area contributed by atoms with Crippen LogP contribution in [0.4, 0.5) is 0 Å². The van der Waals surface area contributed by atoms with E-state index < -0.39 is 0 Å². The van der Waals surface area contributed by atoms with Gasteiger partial charge in [0.05, 0.1) is 7.11 Å². The molecule has 1 atom stereocenters. The second kappa shape index (κ2) is 6.36. The Labute approximate surface area is 139 Å². The van der Waals surface area contributed by atoms with Crippen molar-refractivity contribution >= 4 is 16.9 Å². The summed E-state index contributed by atoms with van der Waals surface area (Å²) in [4.78, 5) is 14.0. The Kier molecular flexibility index (Phi) is 4.85. The maximum atomic E-state index is 12.1. The molecule has 4 nitrogen and oxygen atoms in total. The fraction of sp³-hybridized carbons (Fsp3) is 0.526. The molecule has 1 aromatic carbocycles. The summed E-state index contributed by atoms with van der Waals surface area (Å²) < 4.78 is 7.12. The molecule has 2 aromatic rings. The highest BCUT2D eigenvalue weighted by Crippen LogP contribution is 2.33. The lowest BCUT2D eigenvalue weighted by molar-refractivity contribution is -0.145. The molecule has 1 unspecified atom stereocenters. The van der Waals surface area contributed by atoms with Crippen LogP contribution < -0.4 is 0 Å². The minimum atomic E-state index is -0.279. The summed E-state index contributed by atoms with van der Waals surface area (Å²) in [6.45, 7) is 6.67. The topological polar surface area (TPSA) is 34.5 Å². The van der Waals surface area contributed by atoms with Gasteiger partial charge in [-0.05, 0) is 36.7 Å². The molecule has 2 rings (SSSR count). The third-order valence-corrected chi connectivity index (χ3v) is 4.41. The number of aromatic nitrogens is 1. The number of hydrogen-bond donors (Lipinski definition) is 0. The van der Waals surface area contributed by atoms with Crippen molar-refractivity contribution in [3.63, 3.8) is 0 Å². The third-order valence-electron chi connectivity index (χ3n) is 4.41. The highest BCUT2D eigenvalue weighted by atomic mass is 16.5. The zero-order chi connectivity index (χ0) is 17.4. The van der Waals surface area contributed by atoms with Crippen LogP contribution in [0, 0.1) is 0 Å². The summed E-state index contributed by atoms with van der Waals surface area (Å²) in [5.74, 6) is -0.194. The van der Waals surface area contributed by atoms with Gasteiger partial charge < -0.3 is 9.30 Å². The Morgan fingerprint density at radius 3 is 2.48 bits per heavy atom. The monoisotopic (exact) mass is 316 g/mol. The van der Waals surface area contributed by atoms with Crippen LogP contribution in [0.25, 0.3) is 10.9 Å². The Bertz CT molecular complexity index is 708. The number of rotatable bonds is 4. The lowest BCUT2D eigenvalue weighted by Gasteiger charge is -2.24. The van der Waals surface area contributed by atoms with Gasteiger partial charge >= 0.3 is 5.97 Å². The van der Waals surface area contributed by atoms with E-state index in [9.17, 15) is 4.79 Å². The molecule has 0 radical (unpaired) electrons. The smallest absolute Gasteiger partial charge is 0.323 e. The second-order valence-corrected chi connectivity index (χ2v) is 7.42. The summed E-state index contributed by atoms with van der Waals surface area (Å²) in [5.41, 5.74) is 3.76. The van der Waals surface area contributed by atoms with E-state index in [0.29, 0.717) is 6.42 Å². The Morgan fingerprint density at radius 2 is 1.96 bits per heavy atom. The van der Waals surface area contributed by atoms with Gasteiger partial charge in [0, 0.05) is 30.6 Å². The molecule has 0 saturated carbocycles. The molecule has 1 heterocycles. The molecule has 0 fully saturated rings. The lowest BCUT2D eigenvalue weighted by Crippen LogP contribution is -2.38. The summed E-state index contributed by atoms with van der Waals surface area (Å²) >= 11 is 0. The number of methoxy groups -OCH3 is 1. The molecule has 0 aliphatic carbocycles. The maximum Gasteiger partial charge on any atom is 0.323 e. The molecule has 4 heteroatoms. The number of nitrogens with zero attached hydrogens (tertiary/aromatic N) is 2. The number of carbonyl (C=O) groups excluding carboxylic acids is 1. The van der Waals surface area contributed by atoms with Crippen molar-refractivity contribution < 1.29 is 9.53 Å². The second-order valence-electron chi connectivity index (χ2n) is 7.42. The van der Waals surface area contributed by atoms with Gasteiger partial charge in [0.15, 0.2) is 0 Å². The van der Waals surface area contributed by atoms with Gasteiger partial charge in [-0.25, -0.2) is 0 Å². The molecule has 0 amide bonds. The first kappa shape index (κ1) is 17.5. The van der Waals surface area contributed by atoms with Crippen molar-refractivity contribution in [3.05, 3.63) is 35.5 Å². The molecule has 0 aliphatic rings. The molecule has 0 saturated heterocycles. The maximum absolute atomic E-state index is 12.1. The first-order chi connectivity index (χ1) is 10.7. The van der Waals surface area contributed by atoms with Gasteiger partial charge in [-0.1, -0.05) is 32.9 Å². The Morgan fingerprint density at radius 1 is 1.30 bits per heavy atom. The van der Waals surface area contributed by atoms with Crippen LogP contribution in [0.1, 0.15) is 31.9 Å². The molecule has 1 aromatic heterocycles. The summed E-state index contributed by atoms with van der Waals surface area (Å²) in [6.07, 6.45) is 2.78. The summed E-state index contributed by atoms with van der Waals surface area (Å²) in [6, 6.07) is 6.15. The zero-order valence-electron chi connectivity index (χ0n) is 15.3. The van der Waals surface area contributed by atoms with Crippen LogP contribution in [-0.4, -0.2) is 42.7 Å². The van der Waals surface area contributed by atoms with Gasteiger partial charge in [-0.3, -0.25) is 9.69 Å². The first-order valence-electron chi connectivity index (χ1n) is 7.98. The minimum Gasteiger partial charge on any atom is -0.468 e. The number of benzene rings is 1. The van der Waals surface area contributed by atoms with E-state index in [1.54, 1.807) is 0 Å². The van der Waals surface area contributed by atoms with Crippen LogP contribution >= 0.6 is 0 Å². The molecular weight excluding hydrogens is 288 g/mol. The number of likely N-dealkylation sites (N-methyl/N-ethyl adjacent to an activating group) is 1. The van der Waals surface area contributed by atoms with E-state index >= 15 is 0 Å². The van der Waals surface area contributed by atoms with Crippen molar-refractivity contribution in [1.29, 1.82) is 0 Å². The normalized spacial score (nSPS) is 13.6. The lowest BCUT2D eigenvalue weighted by atomic mass is 9.83. The fourth-order valence-electron chi connectivity index (χ4n) is 3.14. The first-order valence-corrected chi connectivity index (χ1v) is 7.98. The highest BCUT2D eigenvalue weighted by Gasteiger charge is 2.26. The molecule has 0 aliphatic heterocycles. The van der Waals surface area contributed by atoms with Crippen molar-refractivity contribution in [2.45, 2.75) is 38.6 Å². The van der Waals surface area contributed by atoms with Gasteiger partial charge in [0.25, 0.3) is 0 Å². The van der Waals surface area contributed by atoms with Crippen LogP contribution in [0.5, 0.6) is 0 Å². The van der Waals surface area contributed by atoms with Crippen LogP contribution in [-0.2, 0) is 28.4 Å². The van der Waals surface area contributed by atoms with Gasteiger partial charge in [0.2, 0.25) is 0 Å². The third kappa shape index (κ3) is 3.42. The average molecular weight is 316 g/mol. The van der Waals surface area contributed by atoms with E-state index in [4.69, 9.17) is 4.74 Å². The van der Waals surface area contributed by atoms with Crippen molar-refractivity contribution in [2.75, 3.05) is 21.2 Å². The fourth-order valence-corrected chi connectivity index (χ4v) is 3.14. The average Bonchev–Trinajstić information content (AvgIpc) is 2.79. The van der Waals surface area contributed by atoms with Gasteiger partial charge in [0.1, 0.15) is 6.04 Å². The van der Waals surface area contributed by atoms with Gasteiger partial charge in [-0.2, -0.15) is 0 Å². The van der Waals surface area contributed by atoms with Crippen LogP contribution in [0.15, 0.2) is 24.4 Å². The summed E-state index contributed by atoms with van der Waals surface area (Å²) in [7, 11) is 7.33. The standard InChI is InChI=1S/C19H28N2O2/c1-19(2,3)14-9-8-10-15-17(14)13(12-21(15)6)11-16(20(4)5)18(22)23-7/h8-10,12,16H,11H2,1-7H3. The number of hydrogen-bond acceptors (Lipinski definition) is 3. The number of ether oxygens (including phenoxy) is 1. The molecule has 126 valence electrons. The Hall–Kier alpha value is -1.81. The molecular formula is C19H28N2O2. The van der Waals surface area contributed by atoms with E-state index in [1.165, 1.54) is 29.1 Å². The SMILES string of the molecule is COC(=O)C(Cc1cn(C)c2cccc(C(C)(C)C)c12)N(C)C. The number of carbonyl (C=O) groups is 1. The number of aryl methyl sites for hydroxylation is 1. The molecule has 0 N–H and O–H groups in total. The largest absolute Gasteiger partial charge is 0.468 e. The highest BCUT2D eigenvalue weighted by molar-refractivity contribution is 5.89. The van der Waals surface area contributed by atoms with E-state index in [2.05, 4.69) is 56.8 Å². The number of fused-ring (bicyclic) bond motifs is 1. The van der Waals surface area contributed by atoms with Gasteiger partial charge in [-0.15, -0.1) is 0 Å². The van der Waals surface area contributed by atoms with E-state index in [-0.39, 0.29) is 17.4 Å². The number of esters is 1. The van der Waals surface area contributed by atoms with Crippen molar-refractivity contribution in [2.24, 2.45) is 7.05 Å². The Balaban J connectivity index is 2.59. The van der Waals surface area contributed by atoms with Crippen molar-refractivity contribution in [3.8, 4) is 0 Å². The predicted molar refractivity (Wildman–Crippen MR) is 94.8 cm³/mol. The predicted octanol–water partition coefficient (Wildman–Crippen LogP) is 3.12. The summed E-state index contributed by atoms with van der Waals surface area (Å²) in [5, 5.41) is 1.26. The minimum absolute atomic E-state index is 0.0501. The molecule has 23 heavy (non-hydrogen) atoms. The van der Waals surface area contributed by atoms with Crippen LogP contribution in [0.2, 0.25) is 0 Å².